The molecule has 0 spiro atoms. The third-order valence-electron chi connectivity index (χ3n) is 2.63. The van der Waals surface area contributed by atoms with Crippen molar-refractivity contribution < 1.29 is 4.42 Å². The summed E-state index contributed by atoms with van der Waals surface area (Å²) in [5.74, 6) is 0.723. The van der Waals surface area contributed by atoms with Gasteiger partial charge in [0.15, 0.2) is 0 Å². The summed E-state index contributed by atoms with van der Waals surface area (Å²) in [6, 6.07) is 3.87. The number of anilines is 1. The van der Waals surface area contributed by atoms with Crippen molar-refractivity contribution in [1.29, 1.82) is 0 Å². The minimum atomic E-state index is 0.356. The number of nitrogens with zero attached hydrogens (tertiary/aromatic N) is 1. The van der Waals surface area contributed by atoms with Crippen molar-refractivity contribution in [1.82, 2.24) is 4.98 Å². The normalized spacial score (nSPS) is 10.3. The van der Waals surface area contributed by atoms with E-state index in [1.54, 1.807) is 12.5 Å². The molecule has 0 unspecified atom stereocenters. The molecule has 5 heteroatoms. The van der Waals surface area contributed by atoms with Gasteiger partial charge in [-0.3, -0.25) is 0 Å². The van der Waals surface area contributed by atoms with E-state index in [4.69, 9.17) is 22.4 Å². The summed E-state index contributed by atoms with van der Waals surface area (Å²) in [5, 5.41) is 3.24. The maximum atomic E-state index is 5.75. The van der Waals surface area contributed by atoms with Gasteiger partial charge < -0.3 is 15.5 Å². The second kappa shape index (κ2) is 5.18. The van der Waals surface area contributed by atoms with Crippen LogP contribution in [0.4, 0.5) is 5.82 Å². The van der Waals surface area contributed by atoms with Gasteiger partial charge in [-0.15, -0.1) is 0 Å². The lowest BCUT2D eigenvalue weighted by molar-refractivity contribution is 0.564. The molecule has 0 bridgehead atoms. The summed E-state index contributed by atoms with van der Waals surface area (Å²) >= 11 is 5.07. The first-order valence-corrected chi connectivity index (χ1v) is 6.01. The molecule has 0 fully saturated rings. The Balaban J connectivity index is 2.28. The van der Waals surface area contributed by atoms with E-state index in [9.17, 15) is 0 Å². The average Bonchev–Trinajstić information content (AvgIpc) is 2.77. The first-order chi connectivity index (χ1) is 8.58. The maximum absolute atomic E-state index is 5.75. The minimum Gasteiger partial charge on any atom is -0.472 e. The van der Waals surface area contributed by atoms with Gasteiger partial charge in [-0.1, -0.05) is 12.2 Å². The summed E-state index contributed by atoms with van der Waals surface area (Å²) < 4.78 is 5.02. The highest BCUT2D eigenvalue weighted by Crippen LogP contribution is 2.19. The van der Waals surface area contributed by atoms with Gasteiger partial charge in [0, 0.05) is 17.8 Å². The van der Waals surface area contributed by atoms with Crippen LogP contribution in [-0.2, 0) is 6.54 Å². The Morgan fingerprint density at radius 2 is 2.28 bits per heavy atom. The molecule has 0 aliphatic heterocycles. The van der Waals surface area contributed by atoms with Crippen LogP contribution in [0.25, 0.3) is 0 Å². The number of furan rings is 1. The third kappa shape index (κ3) is 2.68. The van der Waals surface area contributed by atoms with Gasteiger partial charge in [-0.2, -0.15) is 0 Å². The van der Waals surface area contributed by atoms with Gasteiger partial charge in [0.2, 0.25) is 0 Å². The van der Waals surface area contributed by atoms with Crippen molar-refractivity contribution in [2.45, 2.75) is 20.4 Å². The Bertz CT molecular complexity index is 564. The number of thiocarbonyl (C=S) groups is 1. The van der Waals surface area contributed by atoms with Gasteiger partial charge in [0.05, 0.1) is 18.1 Å². The van der Waals surface area contributed by atoms with Gasteiger partial charge in [-0.25, -0.2) is 4.98 Å². The standard InChI is InChI=1S/C13H15N3OS/c1-8-5-9(2)16-13(11(8)12(14)18)15-6-10-3-4-17-7-10/h3-5,7H,6H2,1-2H3,(H2,14,18)(H,15,16). The van der Waals surface area contributed by atoms with Gasteiger partial charge in [-0.05, 0) is 31.5 Å². The van der Waals surface area contributed by atoms with E-state index >= 15 is 0 Å². The minimum absolute atomic E-state index is 0.356. The lowest BCUT2D eigenvalue weighted by Crippen LogP contribution is -2.16. The average molecular weight is 261 g/mol. The topological polar surface area (TPSA) is 64.1 Å². The van der Waals surface area contributed by atoms with Crippen LogP contribution in [0.2, 0.25) is 0 Å². The number of pyridine rings is 1. The van der Waals surface area contributed by atoms with Crippen molar-refractivity contribution in [2.75, 3.05) is 5.32 Å². The third-order valence-corrected chi connectivity index (χ3v) is 2.84. The number of hydrogen-bond donors (Lipinski definition) is 2. The molecule has 0 saturated carbocycles. The quantitative estimate of drug-likeness (QED) is 0.828. The molecule has 4 nitrogen and oxygen atoms in total. The Morgan fingerprint density at radius 3 is 2.89 bits per heavy atom. The molecule has 0 amide bonds. The fourth-order valence-corrected chi connectivity index (χ4v) is 2.11. The van der Waals surface area contributed by atoms with E-state index in [-0.39, 0.29) is 0 Å². The fourth-order valence-electron chi connectivity index (χ4n) is 1.85. The van der Waals surface area contributed by atoms with Crippen LogP contribution in [-0.4, -0.2) is 9.97 Å². The molecule has 2 heterocycles. The largest absolute Gasteiger partial charge is 0.472 e. The second-order valence-electron chi connectivity index (χ2n) is 4.15. The predicted octanol–water partition coefficient (Wildman–Crippen LogP) is 2.54. The molecule has 18 heavy (non-hydrogen) atoms. The van der Waals surface area contributed by atoms with Crippen molar-refractivity contribution in [3.05, 3.63) is 47.0 Å². The fraction of sp³-hybridized carbons (Fsp3) is 0.231. The number of aryl methyl sites for hydroxylation is 2. The molecule has 0 aliphatic carbocycles. The van der Waals surface area contributed by atoms with E-state index in [1.807, 2.05) is 26.0 Å². The Kier molecular flexibility index (Phi) is 3.62. The summed E-state index contributed by atoms with van der Waals surface area (Å²) in [7, 11) is 0. The van der Waals surface area contributed by atoms with Crippen LogP contribution >= 0.6 is 12.2 Å². The van der Waals surface area contributed by atoms with E-state index in [0.717, 1.165) is 28.2 Å². The van der Waals surface area contributed by atoms with Crippen molar-refractivity contribution in [2.24, 2.45) is 5.73 Å². The van der Waals surface area contributed by atoms with Crippen molar-refractivity contribution >= 4 is 23.0 Å². The highest BCUT2D eigenvalue weighted by molar-refractivity contribution is 7.80. The van der Waals surface area contributed by atoms with E-state index < -0.39 is 0 Å². The first-order valence-electron chi connectivity index (χ1n) is 5.61. The van der Waals surface area contributed by atoms with Gasteiger partial charge in [0.1, 0.15) is 10.8 Å². The summed E-state index contributed by atoms with van der Waals surface area (Å²) in [6.45, 7) is 4.55. The molecule has 0 atom stereocenters. The molecule has 3 N–H and O–H groups in total. The molecule has 0 aliphatic rings. The number of aromatic nitrogens is 1. The highest BCUT2D eigenvalue weighted by Gasteiger charge is 2.11. The Morgan fingerprint density at radius 1 is 1.50 bits per heavy atom. The molecular formula is C13H15N3OS. The zero-order chi connectivity index (χ0) is 13.1. The Labute approximate surface area is 111 Å². The van der Waals surface area contributed by atoms with Crippen molar-refractivity contribution in [3.8, 4) is 0 Å². The molecule has 2 aromatic heterocycles. The monoisotopic (exact) mass is 261 g/mol. The lowest BCUT2D eigenvalue weighted by atomic mass is 10.1. The van der Waals surface area contributed by atoms with Crippen LogP contribution in [0.1, 0.15) is 22.4 Å². The first kappa shape index (κ1) is 12.6. The number of nitrogens with one attached hydrogen (secondary N) is 1. The van der Waals surface area contributed by atoms with E-state index in [1.165, 1.54) is 0 Å². The second-order valence-corrected chi connectivity index (χ2v) is 4.59. The molecule has 0 saturated heterocycles. The highest BCUT2D eigenvalue weighted by atomic mass is 32.1. The van der Waals surface area contributed by atoms with E-state index in [2.05, 4.69) is 10.3 Å². The molecule has 2 aromatic rings. The SMILES string of the molecule is Cc1cc(C)c(C(N)=S)c(NCc2ccoc2)n1. The zero-order valence-electron chi connectivity index (χ0n) is 10.4. The van der Waals surface area contributed by atoms with Gasteiger partial charge in [0.25, 0.3) is 0 Å². The number of nitrogens with two attached hydrogens (primary N) is 1. The summed E-state index contributed by atoms with van der Waals surface area (Å²) in [4.78, 5) is 4.80. The number of rotatable bonds is 4. The molecule has 2 rings (SSSR count). The summed E-state index contributed by atoms with van der Waals surface area (Å²) in [5.41, 5.74) is 9.56. The van der Waals surface area contributed by atoms with Crippen molar-refractivity contribution in [3.63, 3.8) is 0 Å². The smallest absolute Gasteiger partial charge is 0.137 e. The number of hydrogen-bond acceptors (Lipinski definition) is 4. The van der Waals surface area contributed by atoms with Crippen LogP contribution in [0, 0.1) is 13.8 Å². The van der Waals surface area contributed by atoms with Crippen LogP contribution in [0.3, 0.4) is 0 Å². The maximum Gasteiger partial charge on any atom is 0.137 e. The van der Waals surface area contributed by atoms with Crippen LogP contribution < -0.4 is 11.1 Å². The lowest BCUT2D eigenvalue weighted by Gasteiger charge is -2.13. The van der Waals surface area contributed by atoms with Crippen LogP contribution in [0.5, 0.6) is 0 Å². The van der Waals surface area contributed by atoms with Gasteiger partial charge >= 0.3 is 0 Å². The Hall–Kier alpha value is -1.88. The zero-order valence-corrected chi connectivity index (χ0v) is 11.2. The van der Waals surface area contributed by atoms with E-state index in [0.29, 0.717) is 11.5 Å². The van der Waals surface area contributed by atoms with Crippen LogP contribution in [0.15, 0.2) is 29.1 Å². The molecule has 0 aromatic carbocycles. The summed E-state index contributed by atoms with van der Waals surface area (Å²) in [6.07, 6.45) is 3.33. The molecule has 0 radical (unpaired) electrons. The predicted molar refractivity (Wildman–Crippen MR) is 75.6 cm³/mol. The molecular weight excluding hydrogens is 246 g/mol. The molecule has 94 valence electrons.